The number of aliphatic carboxylic acids is 1. The van der Waals surface area contributed by atoms with E-state index in [4.69, 9.17) is 5.11 Å². The first-order valence-electron chi connectivity index (χ1n) is 6.07. The number of nitrogens with zero attached hydrogens (tertiary/aromatic N) is 3. The lowest BCUT2D eigenvalue weighted by Gasteiger charge is -2.06. The number of rotatable bonds is 4. The molecule has 0 spiro atoms. The molecule has 6 heteroatoms. The molecule has 0 saturated carbocycles. The summed E-state index contributed by atoms with van der Waals surface area (Å²) in [6.45, 7) is -0.145. The number of benzene rings is 1. The Bertz CT molecular complexity index is 717. The standard InChI is InChI=1S/C14H12N4O2/c19-12(20)7-18-9-17-13(10-4-2-1-3-5-10)14(18)11-6-15-8-16-11/h1-6,8-9H,7H2,(H,15,16)(H,19,20). The van der Waals surface area contributed by atoms with Crippen LogP contribution in [0.25, 0.3) is 22.6 Å². The smallest absolute Gasteiger partial charge is 0.323 e. The fraction of sp³-hybridized carbons (Fsp3) is 0.0714. The van der Waals surface area contributed by atoms with Crippen LogP contribution in [-0.4, -0.2) is 30.6 Å². The van der Waals surface area contributed by atoms with Gasteiger partial charge in [-0.25, -0.2) is 9.97 Å². The Morgan fingerprint density at radius 1 is 1.30 bits per heavy atom. The van der Waals surface area contributed by atoms with Crippen LogP contribution in [0, 0.1) is 0 Å². The average Bonchev–Trinajstić information content (AvgIpc) is 3.07. The van der Waals surface area contributed by atoms with E-state index in [2.05, 4.69) is 15.0 Å². The highest BCUT2D eigenvalue weighted by Gasteiger charge is 2.17. The zero-order valence-corrected chi connectivity index (χ0v) is 10.5. The van der Waals surface area contributed by atoms with Crippen molar-refractivity contribution < 1.29 is 9.90 Å². The van der Waals surface area contributed by atoms with E-state index in [1.807, 2.05) is 30.3 Å². The SMILES string of the molecule is O=C(O)Cn1cnc(-c2ccccc2)c1-c1cnc[nH]1. The van der Waals surface area contributed by atoms with Gasteiger partial charge in [0.25, 0.3) is 0 Å². The normalized spacial score (nSPS) is 10.6. The maximum atomic E-state index is 11.0. The number of imidazole rings is 2. The number of aromatic amines is 1. The Labute approximate surface area is 114 Å². The summed E-state index contributed by atoms with van der Waals surface area (Å²) >= 11 is 0. The molecule has 3 rings (SSSR count). The van der Waals surface area contributed by atoms with Gasteiger partial charge in [0.15, 0.2) is 0 Å². The fourth-order valence-corrected chi connectivity index (χ4v) is 2.12. The number of aromatic nitrogens is 4. The lowest BCUT2D eigenvalue weighted by molar-refractivity contribution is -0.137. The lowest BCUT2D eigenvalue weighted by Crippen LogP contribution is -2.09. The van der Waals surface area contributed by atoms with Gasteiger partial charge in [-0.15, -0.1) is 0 Å². The fourth-order valence-electron chi connectivity index (χ4n) is 2.12. The van der Waals surface area contributed by atoms with Crippen LogP contribution >= 0.6 is 0 Å². The van der Waals surface area contributed by atoms with Crippen molar-refractivity contribution in [3.63, 3.8) is 0 Å². The first-order valence-corrected chi connectivity index (χ1v) is 6.07. The third-order valence-electron chi connectivity index (χ3n) is 2.94. The number of hydrogen-bond acceptors (Lipinski definition) is 3. The molecule has 0 aliphatic rings. The number of H-pyrrole nitrogens is 1. The Hall–Kier alpha value is -2.89. The second-order valence-corrected chi connectivity index (χ2v) is 4.29. The van der Waals surface area contributed by atoms with Gasteiger partial charge in [-0.2, -0.15) is 0 Å². The number of carbonyl (C=O) groups is 1. The second kappa shape index (κ2) is 5.00. The van der Waals surface area contributed by atoms with Crippen LogP contribution in [0.3, 0.4) is 0 Å². The van der Waals surface area contributed by atoms with Gasteiger partial charge in [0.05, 0.1) is 35.9 Å². The number of nitrogens with one attached hydrogen (secondary N) is 1. The molecule has 1 aromatic carbocycles. The minimum Gasteiger partial charge on any atom is -0.480 e. The van der Waals surface area contributed by atoms with Gasteiger partial charge in [-0.05, 0) is 0 Å². The summed E-state index contributed by atoms with van der Waals surface area (Å²) in [5.74, 6) is -0.914. The first kappa shape index (κ1) is 12.2. The van der Waals surface area contributed by atoms with Crippen LogP contribution in [0.4, 0.5) is 0 Å². The highest BCUT2D eigenvalue weighted by atomic mass is 16.4. The topological polar surface area (TPSA) is 83.8 Å². The molecule has 0 amide bonds. The summed E-state index contributed by atoms with van der Waals surface area (Å²) in [4.78, 5) is 22.3. The van der Waals surface area contributed by atoms with E-state index >= 15 is 0 Å². The molecule has 0 saturated heterocycles. The zero-order chi connectivity index (χ0) is 13.9. The van der Waals surface area contributed by atoms with E-state index in [1.54, 1.807) is 17.1 Å². The average molecular weight is 268 g/mol. The lowest BCUT2D eigenvalue weighted by atomic mass is 10.1. The van der Waals surface area contributed by atoms with Crippen molar-refractivity contribution >= 4 is 5.97 Å². The molecular weight excluding hydrogens is 256 g/mol. The highest BCUT2D eigenvalue weighted by molar-refractivity contribution is 5.78. The number of carboxylic acid groups (broad SMARTS) is 1. The summed E-state index contributed by atoms with van der Waals surface area (Å²) in [5.41, 5.74) is 3.12. The molecule has 0 aliphatic heterocycles. The zero-order valence-electron chi connectivity index (χ0n) is 10.5. The van der Waals surface area contributed by atoms with Gasteiger partial charge in [0, 0.05) is 5.56 Å². The van der Waals surface area contributed by atoms with Crippen molar-refractivity contribution in [1.29, 1.82) is 0 Å². The molecule has 2 aromatic heterocycles. The van der Waals surface area contributed by atoms with Crippen LogP contribution in [0.2, 0.25) is 0 Å². The summed E-state index contributed by atoms with van der Waals surface area (Å²) < 4.78 is 1.60. The Morgan fingerprint density at radius 2 is 2.10 bits per heavy atom. The van der Waals surface area contributed by atoms with Gasteiger partial charge >= 0.3 is 5.97 Å². The molecule has 0 radical (unpaired) electrons. The molecular formula is C14H12N4O2. The largest absolute Gasteiger partial charge is 0.480 e. The third kappa shape index (κ3) is 2.18. The molecule has 6 nitrogen and oxygen atoms in total. The number of carboxylic acids is 1. The van der Waals surface area contributed by atoms with E-state index in [9.17, 15) is 4.79 Å². The van der Waals surface area contributed by atoms with Crippen molar-refractivity contribution in [2.24, 2.45) is 0 Å². The van der Waals surface area contributed by atoms with Crippen molar-refractivity contribution in [1.82, 2.24) is 19.5 Å². The number of hydrogen-bond donors (Lipinski definition) is 2. The molecule has 0 bridgehead atoms. The molecule has 0 fully saturated rings. The minimum atomic E-state index is -0.914. The molecule has 3 aromatic rings. The molecule has 0 aliphatic carbocycles. The van der Waals surface area contributed by atoms with E-state index in [1.165, 1.54) is 6.33 Å². The molecule has 0 unspecified atom stereocenters. The molecule has 2 heterocycles. The molecule has 2 N–H and O–H groups in total. The van der Waals surface area contributed by atoms with Crippen molar-refractivity contribution in [3.8, 4) is 22.6 Å². The van der Waals surface area contributed by atoms with Gasteiger partial charge in [0.2, 0.25) is 0 Å². The quantitative estimate of drug-likeness (QED) is 0.758. The van der Waals surface area contributed by atoms with Crippen molar-refractivity contribution in [3.05, 3.63) is 49.2 Å². The molecule has 20 heavy (non-hydrogen) atoms. The van der Waals surface area contributed by atoms with Crippen molar-refractivity contribution in [2.75, 3.05) is 0 Å². The van der Waals surface area contributed by atoms with E-state index in [0.29, 0.717) is 0 Å². The maximum absolute atomic E-state index is 11.0. The maximum Gasteiger partial charge on any atom is 0.323 e. The monoisotopic (exact) mass is 268 g/mol. The van der Waals surface area contributed by atoms with Crippen molar-refractivity contribution in [2.45, 2.75) is 6.54 Å². The van der Waals surface area contributed by atoms with E-state index in [0.717, 1.165) is 22.6 Å². The predicted molar refractivity (Wildman–Crippen MR) is 72.9 cm³/mol. The van der Waals surface area contributed by atoms with Crippen LogP contribution < -0.4 is 0 Å². The summed E-state index contributed by atoms with van der Waals surface area (Å²) in [6.07, 6.45) is 4.75. The predicted octanol–water partition coefficient (Wildman–Crippen LogP) is 2.02. The van der Waals surface area contributed by atoms with Gasteiger partial charge in [-0.1, -0.05) is 30.3 Å². The van der Waals surface area contributed by atoms with Gasteiger partial charge in [0.1, 0.15) is 6.54 Å². The molecule has 100 valence electrons. The Morgan fingerprint density at radius 3 is 2.75 bits per heavy atom. The third-order valence-corrected chi connectivity index (χ3v) is 2.94. The van der Waals surface area contributed by atoms with Crippen LogP contribution in [0.1, 0.15) is 0 Å². The minimum absolute atomic E-state index is 0.145. The molecule has 0 atom stereocenters. The van der Waals surface area contributed by atoms with E-state index < -0.39 is 5.97 Å². The summed E-state index contributed by atoms with van der Waals surface area (Å²) in [5, 5.41) is 8.99. The summed E-state index contributed by atoms with van der Waals surface area (Å²) in [7, 11) is 0. The first-order chi connectivity index (χ1) is 9.75. The Kier molecular flexibility index (Phi) is 3.04. The Balaban J connectivity index is 2.16. The van der Waals surface area contributed by atoms with Gasteiger partial charge in [-0.3, -0.25) is 4.79 Å². The summed E-state index contributed by atoms with van der Waals surface area (Å²) in [6, 6.07) is 9.64. The van der Waals surface area contributed by atoms with Crippen LogP contribution in [0.15, 0.2) is 49.2 Å². The second-order valence-electron chi connectivity index (χ2n) is 4.29. The van der Waals surface area contributed by atoms with Crippen LogP contribution in [0.5, 0.6) is 0 Å². The van der Waals surface area contributed by atoms with Gasteiger partial charge < -0.3 is 14.7 Å². The van der Waals surface area contributed by atoms with Crippen LogP contribution in [-0.2, 0) is 11.3 Å². The van der Waals surface area contributed by atoms with E-state index in [-0.39, 0.29) is 6.54 Å². The highest BCUT2D eigenvalue weighted by Crippen LogP contribution is 2.29.